The van der Waals surface area contributed by atoms with Crippen molar-refractivity contribution >= 4 is 22.8 Å². The molecule has 0 saturated carbocycles. The first-order chi connectivity index (χ1) is 8.47. The summed E-state index contributed by atoms with van der Waals surface area (Å²) in [7, 11) is 0. The second-order valence-corrected chi connectivity index (χ2v) is 4.21. The molecule has 18 heavy (non-hydrogen) atoms. The van der Waals surface area contributed by atoms with Crippen molar-refractivity contribution < 1.29 is 14.0 Å². The van der Waals surface area contributed by atoms with Gasteiger partial charge in [-0.3, -0.25) is 9.59 Å². The molecule has 94 valence electrons. The van der Waals surface area contributed by atoms with E-state index in [9.17, 15) is 9.59 Å². The molecule has 0 aliphatic heterocycles. The lowest BCUT2D eigenvalue weighted by atomic mass is 10.1. The summed E-state index contributed by atoms with van der Waals surface area (Å²) in [5.74, 6) is 0.264. The Morgan fingerprint density at radius 1 is 1.33 bits per heavy atom. The molecule has 1 atom stereocenters. The van der Waals surface area contributed by atoms with Gasteiger partial charge in [-0.2, -0.15) is 0 Å². The maximum atomic E-state index is 11.3. The molecule has 1 aromatic carbocycles. The summed E-state index contributed by atoms with van der Waals surface area (Å²) < 4.78 is 5.54. The van der Waals surface area contributed by atoms with Crippen LogP contribution in [0.15, 0.2) is 22.6 Å². The predicted molar refractivity (Wildman–Crippen MR) is 66.2 cm³/mol. The van der Waals surface area contributed by atoms with Crippen molar-refractivity contribution in [1.82, 2.24) is 10.3 Å². The molecular weight excluding hydrogens is 232 g/mol. The van der Waals surface area contributed by atoms with E-state index in [2.05, 4.69) is 10.3 Å². The van der Waals surface area contributed by atoms with Gasteiger partial charge in [0.15, 0.2) is 11.4 Å². The van der Waals surface area contributed by atoms with E-state index in [1.807, 2.05) is 0 Å². The zero-order valence-corrected chi connectivity index (χ0v) is 10.5. The van der Waals surface area contributed by atoms with Crippen LogP contribution in [0.3, 0.4) is 0 Å². The summed E-state index contributed by atoms with van der Waals surface area (Å²) in [5, 5.41) is 2.70. The van der Waals surface area contributed by atoms with Crippen LogP contribution in [0.4, 0.5) is 0 Å². The van der Waals surface area contributed by atoms with Crippen molar-refractivity contribution in [2.75, 3.05) is 0 Å². The number of carbonyl (C=O) groups is 2. The smallest absolute Gasteiger partial charge is 0.217 e. The molecule has 1 N–H and O–H groups in total. The lowest BCUT2D eigenvalue weighted by molar-refractivity contribution is -0.119. The molecule has 2 aromatic rings. The third-order valence-corrected chi connectivity index (χ3v) is 2.60. The Hall–Kier alpha value is -2.17. The molecule has 1 unspecified atom stereocenters. The van der Waals surface area contributed by atoms with Gasteiger partial charge in [0.05, 0.1) is 0 Å². The zero-order chi connectivity index (χ0) is 13.3. The van der Waals surface area contributed by atoms with Gasteiger partial charge >= 0.3 is 0 Å². The van der Waals surface area contributed by atoms with Gasteiger partial charge in [-0.25, -0.2) is 4.98 Å². The average molecular weight is 246 g/mol. The van der Waals surface area contributed by atoms with E-state index >= 15 is 0 Å². The number of hydrogen-bond donors (Lipinski definition) is 1. The summed E-state index contributed by atoms with van der Waals surface area (Å²) in [5.41, 5.74) is 1.81. The fraction of sp³-hybridized carbons (Fsp3) is 0.308. The minimum atomic E-state index is -0.296. The van der Waals surface area contributed by atoms with Gasteiger partial charge in [0, 0.05) is 12.5 Å². The zero-order valence-electron chi connectivity index (χ0n) is 10.5. The van der Waals surface area contributed by atoms with Crippen LogP contribution in [0.5, 0.6) is 0 Å². The minimum absolute atomic E-state index is 0.0234. The summed E-state index contributed by atoms with van der Waals surface area (Å²) in [4.78, 5) is 26.5. The number of carbonyl (C=O) groups excluding carboxylic acids is 2. The predicted octanol–water partition coefficient (Wildman–Crippen LogP) is 2.23. The molecule has 2 rings (SSSR count). The topological polar surface area (TPSA) is 72.2 Å². The van der Waals surface area contributed by atoms with Crippen LogP contribution in [0.2, 0.25) is 0 Å². The second kappa shape index (κ2) is 4.60. The van der Waals surface area contributed by atoms with Crippen LogP contribution in [0.25, 0.3) is 11.1 Å². The normalized spacial score (nSPS) is 12.4. The number of nitrogens with zero attached hydrogens (tertiary/aromatic N) is 1. The molecule has 1 aromatic heterocycles. The van der Waals surface area contributed by atoms with Crippen molar-refractivity contribution in [2.45, 2.75) is 26.8 Å². The molecule has 1 heterocycles. The highest BCUT2D eigenvalue weighted by atomic mass is 16.3. The fourth-order valence-electron chi connectivity index (χ4n) is 1.71. The number of amides is 1. The highest BCUT2D eigenvalue weighted by molar-refractivity contribution is 5.96. The summed E-state index contributed by atoms with van der Waals surface area (Å²) >= 11 is 0. The van der Waals surface area contributed by atoms with E-state index in [1.54, 1.807) is 25.1 Å². The third-order valence-electron chi connectivity index (χ3n) is 2.60. The Kier molecular flexibility index (Phi) is 3.14. The van der Waals surface area contributed by atoms with Gasteiger partial charge in [0.2, 0.25) is 11.8 Å². The molecule has 0 radical (unpaired) electrons. The highest BCUT2D eigenvalue weighted by Crippen LogP contribution is 2.21. The van der Waals surface area contributed by atoms with Crippen molar-refractivity contribution in [3.8, 4) is 0 Å². The van der Waals surface area contributed by atoms with Gasteiger partial charge in [-0.1, -0.05) is 0 Å². The van der Waals surface area contributed by atoms with Crippen molar-refractivity contribution in [2.24, 2.45) is 0 Å². The molecule has 5 nitrogen and oxygen atoms in total. The lowest BCUT2D eigenvalue weighted by Crippen LogP contribution is -2.23. The van der Waals surface area contributed by atoms with E-state index < -0.39 is 0 Å². The standard InChI is InChI=1S/C13H14N2O3/c1-7(14-9(3)17)13-15-11-5-4-10(8(2)16)6-12(11)18-13/h4-7H,1-3H3,(H,14,17). The number of oxazole rings is 1. The van der Waals surface area contributed by atoms with Crippen LogP contribution in [-0.2, 0) is 4.79 Å². The van der Waals surface area contributed by atoms with E-state index in [-0.39, 0.29) is 17.7 Å². The SMILES string of the molecule is CC(=O)NC(C)c1nc2ccc(C(C)=O)cc2o1. The molecule has 0 bridgehead atoms. The van der Waals surface area contributed by atoms with Crippen molar-refractivity contribution in [3.63, 3.8) is 0 Å². The van der Waals surface area contributed by atoms with E-state index in [0.717, 1.165) is 0 Å². The van der Waals surface area contributed by atoms with Gasteiger partial charge in [-0.15, -0.1) is 0 Å². The molecule has 0 spiro atoms. The average Bonchev–Trinajstić information content (AvgIpc) is 2.70. The molecule has 0 aliphatic carbocycles. The van der Waals surface area contributed by atoms with Crippen LogP contribution in [0, 0.1) is 0 Å². The molecule has 0 saturated heterocycles. The number of ketones is 1. The van der Waals surface area contributed by atoms with Gasteiger partial charge in [0.1, 0.15) is 11.6 Å². The number of Topliss-reactive ketones (excluding diaryl/α,β-unsaturated/α-hetero) is 1. The first-order valence-corrected chi connectivity index (χ1v) is 5.66. The second-order valence-electron chi connectivity index (χ2n) is 4.21. The van der Waals surface area contributed by atoms with E-state index in [0.29, 0.717) is 22.6 Å². The quantitative estimate of drug-likeness (QED) is 0.843. The van der Waals surface area contributed by atoms with Crippen LogP contribution in [0.1, 0.15) is 43.1 Å². The van der Waals surface area contributed by atoms with Crippen LogP contribution < -0.4 is 5.32 Å². The van der Waals surface area contributed by atoms with Crippen molar-refractivity contribution in [1.29, 1.82) is 0 Å². The largest absolute Gasteiger partial charge is 0.438 e. The molecule has 5 heteroatoms. The molecule has 1 amide bonds. The number of hydrogen-bond acceptors (Lipinski definition) is 4. The van der Waals surface area contributed by atoms with Gasteiger partial charge in [0.25, 0.3) is 0 Å². The van der Waals surface area contributed by atoms with Gasteiger partial charge < -0.3 is 9.73 Å². The number of benzene rings is 1. The summed E-state index contributed by atoms with van der Waals surface area (Å²) in [6.07, 6.45) is 0. The molecular formula is C13H14N2O3. The van der Waals surface area contributed by atoms with Gasteiger partial charge in [-0.05, 0) is 32.0 Å². The van der Waals surface area contributed by atoms with Crippen molar-refractivity contribution in [3.05, 3.63) is 29.7 Å². The van der Waals surface area contributed by atoms with E-state index in [4.69, 9.17) is 4.42 Å². The number of aromatic nitrogens is 1. The number of nitrogens with one attached hydrogen (secondary N) is 1. The van der Waals surface area contributed by atoms with Crippen LogP contribution >= 0.6 is 0 Å². The Labute approximate surface area is 104 Å². The van der Waals surface area contributed by atoms with E-state index in [1.165, 1.54) is 13.8 Å². The molecule has 0 fully saturated rings. The Morgan fingerprint density at radius 3 is 2.67 bits per heavy atom. The molecule has 0 aliphatic rings. The first-order valence-electron chi connectivity index (χ1n) is 5.66. The first kappa shape index (κ1) is 12.3. The Balaban J connectivity index is 2.38. The Bertz CT molecular complexity index is 616. The van der Waals surface area contributed by atoms with Crippen LogP contribution in [-0.4, -0.2) is 16.7 Å². The number of fused-ring (bicyclic) bond motifs is 1. The number of rotatable bonds is 3. The third kappa shape index (κ3) is 2.40. The monoisotopic (exact) mass is 246 g/mol. The fourth-order valence-corrected chi connectivity index (χ4v) is 1.71. The maximum absolute atomic E-state index is 11.3. The summed E-state index contributed by atoms with van der Waals surface area (Å²) in [6, 6.07) is 4.81. The highest BCUT2D eigenvalue weighted by Gasteiger charge is 2.14. The minimum Gasteiger partial charge on any atom is -0.438 e. The maximum Gasteiger partial charge on any atom is 0.217 e. The lowest BCUT2D eigenvalue weighted by Gasteiger charge is -2.06. The Morgan fingerprint density at radius 2 is 2.06 bits per heavy atom. The summed E-state index contributed by atoms with van der Waals surface area (Å²) in [6.45, 7) is 4.73.